The Labute approximate surface area is 104 Å². The predicted octanol–water partition coefficient (Wildman–Crippen LogP) is -0.176. The lowest BCUT2D eigenvalue weighted by Crippen LogP contribution is -2.12. The Balaban J connectivity index is 2.07. The van der Waals surface area contributed by atoms with Crippen molar-refractivity contribution in [2.45, 2.75) is 12.8 Å². The fourth-order valence-electron chi connectivity index (χ4n) is 1.39. The minimum absolute atomic E-state index is 0.139. The van der Waals surface area contributed by atoms with E-state index in [0.29, 0.717) is 18.4 Å². The van der Waals surface area contributed by atoms with Crippen LogP contribution in [0.4, 0.5) is 11.9 Å². The molecule has 0 unspecified atom stereocenters. The number of hydrogen-bond donors (Lipinski definition) is 3. The number of nitrogen functional groups attached to an aromatic ring is 1. The molecule has 18 heavy (non-hydrogen) atoms. The number of aliphatic hydroxyl groups excluding tert-OH is 1. The van der Waals surface area contributed by atoms with Gasteiger partial charge in [0, 0.05) is 25.5 Å². The first kappa shape index (κ1) is 12.2. The molecule has 2 rings (SSSR count). The predicted molar refractivity (Wildman–Crippen MR) is 66.2 cm³/mol. The molecule has 0 bridgehead atoms. The van der Waals surface area contributed by atoms with Gasteiger partial charge < -0.3 is 16.2 Å². The van der Waals surface area contributed by atoms with E-state index in [2.05, 4.69) is 25.4 Å². The van der Waals surface area contributed by atoms with Crippen molar-refractivity contribution in [1.82, 2.24) is 24.7 Å². The summed E-state index contributed by atoms with van der Waals surface area (Å²) in [7, 11) is 0. The molecule has 96 valence electrons. The van der Waals surface area contributed by atoms with Crippen LogP contribution in [0.5, 0.6) is 0 Å². The number of aromatic nitrogens is 5. The number of hydrogen-bond acceptors (Lipinski definition) is 7. The lowest BCUT2D eigenvalue weighted by molar-refractivity contribution is 0.286. The van der Waals surface area contributed by atoms with Gasteiger partial charge in [-0.2, -0.15) is 20.1 Å². The second-order valence-electron chi connectivity index (χ2n) is 3.63. The van der Waals surface area contributed by atoms with E-state index in [1.807, 2.05) is 0 Å². The first-order valence-electron chi connectivity index (χ1n) is 5.66. The van der Waals surface area contributed by atoms with Crippen LogP contribution in [-0.2, 0) is 0 Å². The number of anilines is 2. The summed E-state index contributed by atoms with van der Waals surface area (Å²) in [5.41, 5.74) is 5.61. The first-order chi connectivity index (χ1) is 8.79. The Morgan fingerprint density at radius 1 is 1.28 bits per heavy atom. The van der Waals surface area contributed by atoms with Gasteiger partial charge in [-0.3, -0.25) is 0 Å². The number of unbranched alkanes of at least 4 members (excludes halogenated alkanes) is 1. The molecule has 0 aliphatic heterocycles. The second kappa shape index (κ2) is 5.92. The van der Waals surface area contributed by atoms with Crippen molar-refractivity contribution in [1.29, 1.82) is 0 Å². The van der Waals surface area contributed by atoms with Gasteiger partial charge in [0.2, 0.25) is 11.9 Å². The van der Waals surface area contributed by atoms with Crippen molar-refractivity contribution in [2.24, 2.45) is 0 Å². The zero-order valence-corrected chi connectivity index (χ0v) is 9.82. The molecule has 8 heteroatoms. The zero-order chi connectivity index (χ0) is 12.8. The van der Waals surface area contributed by atoms with E-state index in [1.54, 1.807) is 18.5 Å². The molecule has 4 N–H and O–H groups in total. The van der Waals surface area contributed by atoms with Crippen LogP contribution in [0.2, 0.25) is 0 Å². The minimum atomic E-state index is 0.139. The van der Waals surface area contributed by atoms with Gasteiger partial charge in [-0.25, -0.2) is 4.68 Å². The van der Waals surface area contributed by atoms with Crippen LogP contribution in [0.1, 0.15) is 12.8 Å². The SMILES string of the molecule is Nc1nc(NCCCCO)nc(-n2cccn2)n1. The summed E-state index contributed by atoms with van der Waals surface area (Å²) in [6, 6.07) is 1.77. The van der Waals surface area contributed by atoms with Gasteiger partial charge in [-0.1, -0.05) is 0 Å². The summed E-state index contributed by atoms with van der Waals surface area (Å²) in [5.74, 6) is 0.920. The summed E-state index contributed by atoms with van der Waals surface area (Å²) in [6.07, 6.45) is 4.93. The fraction of sp³-hybridized carbons (Fsp3) is 0.400. The number of nitrogens with two attached hydrogens (primary N) is 1. The normalized spacial score (nSPS) is 10.5. The van der Waals surface area contributed by atoms with E-state index in [1.165, 1.54) is 4.68 Å². The topological polar surface area (TPSA) is 115 Å². The van der Waals surface area contributed by atoms with Crippen molar-refractivity contribution in [2.75, 3.05) is 24.2 Å². The third kappa shape index (κ3) is 3.14. The highest BCUT2D eigenvalue weighted by atomic mass is 16.2. The summed E-state index contributed by atoms with van der Waals surface area (Å²) in [6.45, 7) is 0.849. The molecule has 0 saturated carbocycles. The Hall–Kier alpha value is -2.22. The molecule has 8 nitrogen and oxygen atoms in total. The highest BCUT2D eigenvalue weighted by Gasteiger charge is 2.05. The average Bonchev–Trinajstić information content (AvgIpc) is 2.88. The van der Waals surface area contributed by atoms with Crippen LogP contribution in [0.3, 0.4) is 0 Å². The van der Waals surface area contributed by atoms with E-state index >= 15 is 0 Å². The number of nitrogens with one attached hydrogen (secondary N) is 1. The number of nitrogens with zero attached hydrogens (tertiary/aromatic N) is 5. The fourth-order valence-corrected chi connectivity index (χ4v) is 1.39. The lowest BCUT2D eigenvalue weighted by atomic mass is 10.3. The van der Waals surface area contributed by atoms with Crippen molar-refractivity contribution < 1.29 is 5.11 Å². The van der Waals surface area contributed by atoms with Crippen LogP contribution >= 0.6 is 0 Å². The molecule has 0 spiro atoms. The number of aliphatic hydroxyl groups is 1. The largest absolute Gasteiger partial charge is 0.396 e. The Morgan fingerprint density at radius 2 is 2.17 bits per heavy atom. The first-order valence-corrected chi connectivity index (χ1v) is 5.66. The van der Waals surface area contributed by atoms with E-state index in [4.69, 9.17) is 10.8 Å². The molecule has 2 heterocycles. The lowest BCUT2D eigenvalue weighted by Gasteiger charge is -2.06. The maximum absolute atomic E-state index is 8.68. The van der Waals surface area contributed by atoms with E-state index in [9.17, 15) is 0 Å². The molecule has 0 aromatic carbocycles. The molecule has 0 aliphatic rings. The highest BCUT2D eigenvalue weighted by Crippen LogP contribution is 2.06. The van der Waals surface area contributed by atoms with E-state index in [0.717, 1.165) is 12.8 Å². The Bertz CT molecular complexity index is 485. The van der Waals surface area contributed by atoms with Crippen LogP contribution in [0.15, 0.2) is 18.5 Å². The molecule has 0 amide bonds. The molecule has 0 saturated heterocycles. The van der Waals surface area contributed by atoms with Crippen molar-refractivity contribution >= 4 is 11.9 Å². The molecular formula is C10H15N7O. The summed E-state index contributed by atoms with van der Waals surface area (Å²) >= 11 is 0. The average molecular weight is 249 g/mol. The van der Waals surface area contributed by atoms with Gasteiger partial charge in [0.15, 0.2) is 0 Å². The quantitative estimate of drug-likeness (QED) is 0.608. The zero-order valence-electron chi connectivity index (χ0n) is 9.82. The molecular weight excluding hydrogens is 234 g/mol. The summed E-state index contributed by atoms with van der Waals surface area (Å²) < 4.78 is 1.51. The van der Waals surface area contributed by atoms with Gasteiger partial charge in [-0.05, 0) is 18.9 Å². The van der Waals surface area contributed by atoms with Gasteiger partial charge >= 0.3 is 0 Å². The van der Waals surface area contributed by atoms with Gasteiger partial charge in [-0.15, -0.1) is 0 Å². The van der Waals surface area contributed by atoms with Gasteiger partial charge in [0.1, 0.15) is 0 Å². The summed E-state index contributed by atoms with van der Waals surface area (Å²) in [5, 5.41) is 15.7. The van der Waals surface area contributed by atoms with Crippen LogP contribution in [-0.4, -0.2) is 43.0 Å². The highest BCUT2D eigenvalue weighted by molar-refractivity contribution is 5.34. The maximum Gasteiger partial charge on any atom is 0.257 e. The molecule has 2 aromatic heterocycles. The monoisotopic (exact) mass is 249 g/mol. The molecule has 0 aliphatic carbocycles. The smallest absolute Gasteiger partial charge is 0.257 e. The summed E-state index contributed by atoms with van der Waals surface area (Å²) in [4.78, 5) is 12.2. The van der Waals surface area contributed by atoms with E-state index < -0.39 is 0 Å². The molecule has 0 atom stereocenters. The van der Waals surface area contributed by atoms with Crippen LogP contribution < -0.4 is 11.1 Å². The standard InChI is InChI=1S/C10H15N7O/c11-8-14-9(12-4-1-2-7-18)16-10(15-8)17-6-3-5-13-17/h3,5-6,18H,1-2,4,7H2,(H3,11,12,14,15,16). The van der Waals surface area contributed by atoms with Crippen LogP contribution in [0, 0.1) is 0 Å². The Morgan fingerprint density at radius 3 is 2.89 bits per heavy atom. The van der Waals surface area contributed by atoms with Crippen molar-refractivity contribution in [3.05, 3.63) is 18.5 Å². The Kier molecular flexibility index (Phi) is 4.02. The van der Waals surface area contributed by atoms with Gasteiger partial charge in [0.25, 0.3) is 5.95 Å². The second-order valence-corrected chi connectivity index (χ2v) is 3.63. The molecule has 2 aromatic rings. The maximum atomic E-state index is 8.68. The molecule has 0 radical (unpaired) electrons. The van der Waals surface area contributed by atoms with Crippen molar-refractivity contribution in [3.8, 4) is 5.95 Å². The third-order valence-electron chi connectivity index (χ3n) is 2.22. The van der Waals surface area contributed by atoms with Gasteiger partial charge in [0.05, 0.1) is 0 Å². The van der Waals surface area contributed by atoms with Crippen molar-refractivity contribution in [3.63, 3.8) is 0 Å². The molecule has 0 fully saturated rings. The van der Waals surface area contributed by atoms with E-state index in [-0.39, 0.29) is 12.6 Å². The third-order valence-corrected chi connectivity index (χ3v) is 2.22. The number of rotatable bonds is 6. The van der Waals surface area contributed by atoms with Crippen LogP contribution in [0.25, 0.3) is 5.95 Å². The minimum Gasteiger partial charge on any atom is -0.396 e.